The third-order valence-electron chi connectivity index (χ3n) is 19.2. The molecular weight excluding hydrogens is 1320 g/mol. The predicted octanol–water partition coefficient (Wildman–Crippen LogP) is 24.7. The molecule has 600 valence electrons. The van der Waals surface area contributed by atoms with Gasteiger partial charge in [-0.25, -0.2) is 9.13 Å². The van der Waals surface area contributed by atoms with Crippen molar-refractivity contribution in [3.05, 3.63) is 0 Å². The van der Waals surface area contributed by atoms with E-state index in [1.807, 2.05) is 0 Å². The van der Waals surface area contributed by atoms with Crippen molar-refractivity contribution in [1.29, 1.82) is 0 Å². The fourth-order valence-corrected chi connectivity index (χ4v) is 14.3. The van der Waals surface area contributed by atoms with E-state index in [9.17, 15) is 43.2 Å². The highest BCUT2D eigenvalue weighted by atomic mass is 31.2. The summed E-state index contributed by atoms with van der Waals surface area (Å²) >= 11 is 0. The van der Waals surface area contributed by atoms with Gasteiger partial charge >= 0.3 is 39.5 Å². The molecule has 0 bridgehead atoms. The molecule has 2 unspecified atom stereocenters. The fourth-order valence-electron chi connectivity index (χ4n) is 12.7. The monoisotopic (exact) mass is 1480 g/mol. The number of hydrogen-bond acceptors (Lipinski definition) is 15. The summed E-state index contributed by atoms with van der Waals surface area (Å²) in [6.07, 6.45) is 64.0. The molecule has 17 nitrogen and oxygen atoms in total. The number of aliphatic hydroxyl groups is 1. The van der Waals surface area contributed by atoms with Gasteiger partial charge in [-0.15, -0.1) is 0 Å². The fraction of sp³-hybridized carbons (Fsp3) is 0.951. The van der Waals surface area contributed by atoms with Crippen LogP contribution in [0.25, 0.3) is 0 Å². The first kappa shape index (κ1) is 99.1. The first-order chi connectivity index (χ1) is 48.9. The molecule has 0 heterocycles. The number of phosphoric acid groups is 2. The summed E-state index contributed by atoms with van der Waals surface area (Å²) < 4.78 is 68.7. The molecule has 5 atom stereocenters. The van der Waals surface area contributed by atoms with Gasteiger partial charge in [0, 0.05) is 25.7 Å². The van der Waals surface area contributed by atoms with Crippen LogP contribution in [0.2, 0.25) is 0 Å². The molecule has 3 N–H and O–H groups in total. The maximum absolute atomic E-state index is 13.1. The van der Waals surface area contributed by atoms with Crippen LogP contribution in [0, 0.1) is 11.8 Å². The number of aliphatic hydroxyl groups excluding tert-OH is 1. The largest absolute Gasteiger partial charge is 0.472 e. The first-order valence-electron chi connectivity index (χ1n) is 42.5. The Morgan fingerprint density at radius 3 is 0.673 bits per heavy atom. The summed E-state index contributed by atoms with van der Waals surface area (Å²) in [5, 5.41) is 10.6. The van der Waals surface area contributed by atoms with Crippen molar-refractivity contribution in [2.75, 3.05) is 39.6 Å². The number of esters is 4. The van der Waals surface area contributed by atoms with Crippen LogP contribution in [-0.4, -0.2) is 96.7 Å². The molecular formula is C82H160O17P2. The van der Waals surface area contributed by atoms with E-state index in [1.54, 1.807) is 0 Å². The topological polar surface area (TPSA) is 237 Å². The molecule has 0 saturated heterocycles. The van der Waals surface area contributed by atoms with E-state index in [0.29, 0.717) is 25.7 Å². The third kappa shape index (κ3) is 76.1. The van der Waals surface area contributed by atoms with Crippen molar-refractivity contribution >= 4 is 39.5 Å². The molecule has 0 aliphatic heterocycles. The standard InChI is InChI=1S/C82H160O17P2/c1-7-9-11-13-15-17-18-19-20-21-22-23-24-25-26-31-37-42-48-54-60-66-82(87)99-78(71-93-80(85)65-59-53-47-41-36-32-27-29-34-39-44-50-56-62-74(3)4)73-97-101(90,91)95-69-76(83)68-94-100(88,89)96-72-77(70-92-79(84)64-58-52-46-16-14-12-10-8-2)98-81(86)67-61-55-49-43-38-33-28-30-35-40-45-51-57-63-75(5)6/h74-78,83H,7-73H2,1-6H3,(H,88,89)(H,90,91)/t76-,77+,78+/m0/s1. The predicted molar refractivity (Wildman–Crippen MR) is 414 cm³/mol. The van der Waals surface area contributed by atoms with E-state index in [2.05, 4.69) is 41.5 Å². The van der Waals surface area contributed by atoms with Crippen LogP contribution in [0.15, 0.2) is 0 Å². The minimum Gasteiger partial charge on any atom is -0.462 e. The van der Waals surface area contributed by atoms with Gasteiger partial charge in [0.05, 0.1) is 26.4 Å². The van der Waals surface area contributed by atoms with Crippen molar-refractivity contribution in [3.63, 3.8) is 0 Å². The van der Waals surface area contributed by atoms with Crippen molar-refractivity contribution in [1.82, 2.24) is 0 Å². The van der Waals surface area contributed by atoms with Crippen molar-refractivity contribution in [3.8, 4) is 0 Å². The number of phosphoric ester groups is 2. The van der Waals surface area contributed by atoms with Gasteiger partial charge in [0.25, 0.3) is 0 Å². The second-order valence-corrected chi connectivity index (χ2v) is 33.4. The van der Waals surface area contributed by atoms with Crippen LogP contribution in [0.3, 0.4) is 0 Å². The van der Waals surface area contributed by atoms with Crippen molar-refractivity contribution in [2.24, 2.45) is 11.8 Å². The number of rotatable bonds is 81. The van der Waals surface area contributed by atoms with E-state index in [-0.39, 0.29) is 25.7 Å². The molecule has 0 spiro atoms. The minimum absolute atomic E-state index is 0.107. The number of carbonyl (C=O) groups is 4. The summed E-state index contributed by atoms with van der Waals surface area (Å²) in [5.41, 5.74) is 0. The lowest BCUT2D eigenvalue weighted by Gasteiger charge is -2.21. The van der Waals surface area contributed by atoms with Gasteiger partial charge in [-0.3, -0.25) is 37.3 Å². The molecule has 0 aliphatic carbocycles. The average Bonchev–Trinajstić information content (AvgIpc) is 1.23. The maximum atomic E-state index is 13.1. The van der Waals surface area contributed by atoms with E-state index in [0.717, 1.165) is 108 Å². The van der Waals surface area contributed by atoms with E-state index in [4.69, 9.17) is 37.0 Å². The number of carbonyl (C=O) groups excluding carboxylic acids is 4. The van der Waals surface area contributed by atoms with Crippen LogP contribution >= 0.6 is 15.6 Å². The number of unbranched alkanes of at least 4 members (excludes halogenated alkanes) is 51. The zero-order valence-electron chi connectivity index (χ0n) is 66.2. The maximum Gasteiger partial charge on any atom is 0.472 e. The van der Waals surface area contributed by atoms with E-state index < -0.39 is 97.5 Å². The first-order valence-corrected chi connectivity index (χ1v) is 45.5. The summed E-state index contributed by atoms with van der Waals surface area (Å²) in [7, 11) is -9.92. The highest BCUT2D eigenvalue weighted by Crippen LogP contribution is 2.45. The van der Waals surface area contributed by atoms with Gasteiger partial charge in [0.2, 0.25) is 0 Å². The Hall–Kier alpha value is -1.94. The second kappa shape index (κ2) is 73.6. The SMILES string of the molecule is CCCCCCCCCCCCCCCCCCCCCCCC(=O)O[C@H](COC(=O)CCCCCCCCCCCCCCCC(C)C)COP(=O)(O)OC[C@@H](O)COP(=O)(O)OC[C@@H](COC(=O)CCCCCCCCCC)OC(=O)CCCCCCCCCCCCCCCC(C)C. The molecule has 0 aliphatic rings. The number of ether oxygens (including phenoxy) is 4. The van der Waals surface area contributed by atoms with Gasteiger partial charge in [0.15, 0.2) is 12.2 Å². The Balaban J connectivity index is 5.19. The normalized spacial score (nSPS) is 13.9. The Kier molecular flexibility index (Phi) is 72.2. The molecule has 0 aromatic carbocycles. The van der Waals surface area contributed by atoms with Crippen LogP contribution in [0.1, 0.15) is 433 Å². The molecule has 19 heteroatoms. The average molecular weight is 1480 g/mol. The van der Waals surface area contributed by atoms with E-state index >= 15 is 0 Å². The lowest BCUT2D eigenvalue weighted by Crippen LogP contribution is -2.30. The summed E-state index contributed by atoms with van der Waals surface area (Å²) in [5.74, 6) is -0.532. The van der Waals surface area contributed by atoms with Crippen LogP contribution in [0.5, 0.6) is 0 Å². The van der Waals surface area contributed by atoms with Gasteiger partial charge in [0.1, 0.15) is 19.3 Å². The Morgan fingerprint density at radius 2 is 0.455 bits per heavy atom. The van der Waals surface area contributed by atoms with Crippen molar-refractivity contribution in [2.45, 2.75) is 452 Å². The second-order valence-electron chi connectivity index (χ2n) is 30.5. The van der Waals surface area contributed by atoms with Crippen molar-refractivity contribution < 1.29 is 80.2 Å². The molecule has 101 heavy (non-hydrogen) atoms. The summed E-state index contributed by atoms with van der Waals surface area (Å²) in [6.45, 7) is 9.65. The Bertz CT molecular complexity index is 1940. The van der Waals surface area contributed by atoms with Gasteiger partial charge < -0.3 is 33.8 Å². The smallest absolute Gasteiger partial charge is 0.462 e. The van der Waals surface area contributed by atoms with Gasteiger partial charge in [-0.2, -0.15) is 0 Å². The Morgan fingerprint density at radius 1 is 0.267 bits per heavy atom. The lowest BCUT2D eigenvalue weighted by atomic mass is 10.0. The molecule has 0 aromatic heterocycles. The molecule has 0 rings (SSSR count). The highest BCUT2D eigenvalue weighted by molar-refractivity contribution is 7.47. The van der Waals surface area contributed by atoms with Crippen LogP contribution in [0.4, 0.5) is 0 Å². The minimum atomic E-state index is -4.96. The van der Waals surface area contributed by atoms with E-state index in [1.165, 1.54) is 244 Å². The zero-order valence-corrected chi connectivity index (χ0v) is 68.0. The van der Waals surface area contributed by atoms with Gasteiger partial charge in [-0.1, -0.05) is 382 Å². The van der Waals surface area contributed by atoms with Crippen LogP contribution < -0.4 is 0 Å². The summed E-state index contributed by atoms with van der Waals surface area (Å²) in [4.78, 5) is 73.0. The molecule has 0 radical (unpaired) electrons. The molecule has 0 saturated carbocycles. The molecule has 0 amide bonds. The Labute approximate surface area is 619 Å². The third-order valence-corrected chi connectivity index (χ3v) is 21.1. The molecule has 0 aromatic rings. The van der Waals surface area contributed by atoms with Crippen LogP contribution in [-0.2, 0) is 65.4 Å². The number of hydrogen-bond donors (Lipinski definition) is 3. The highest BCUT2D eigenvalue weighted by Gasteiger charge is 2.30. The summed E-state index contributed by atoms with van der Waals surface area (Å²) in [6, 6.07) is 0. The quantitative estimate of drug-likeness (QED) is 0.0222. The van der Waals surface area contributed by atoms with Gasteiger partial charge in [-0.05, 0) is 37.5 Å². The lowest BCUT2D eigenvalue weighted by molar-refractivity contribution is -0.161. The zero-order chi connectivity index (χ0) is 74.2. The molecule has 0 fully saturated rings.